The second-order valence-corrected chi connectivity index (χ2v) is 8.52. The van der Waals surface area contributed by atoms with Gasteiger partial charge >= 0.3 is 12.0 Å². The van der Waals surface area contributed by atoms with Crippen molar-refractivity contribution >= 4 is 17.7 Å². The van der Waals surface area contributed by atoms with Crippen molar-refractivity contribution < 1.29 is 19.4 Å². The molecule has 7 nitrogen and oxygen atoms in total. The van der Waals surface area contributed by atoms with E-state index in [2.05, 4.69) is 30.1 Å². The third-order valence-electron chi connectivity index (χ3n) is 6.60. The molecule has 0 spiro atoms. The summed E-state index contributed by atoms with van der Waals surface area (Å²) >= 11 is 0. The van der Waals surface area contributed by atoms with Crippen molar-refractivity contribution in [3.05, 3.63) is 29.3 Å². The number of hydrogen-bond donors (Lipinski definition) is 1. The van der Waals surface area contributed by atoms with Crippen molar-refractivity contribution in [1.29, 1.82) is 0 Å². The Bertz CT molecular complexity index is 760. The Hall–Kier alpha value is -2.12. The fourth-order valence-electron chi connectivity index (χ4n) is 4.84. The van der Waals surface area contributed by atoms with Gasteiger partial charge in [-0.1, -0.05) is 6.07 Å². The number of benzene rings is 1. The Kier molecular flexibility index (Phi) is 6.06. The molecule has 1 saturated carbocycles. The topological polar surface area (TPSA) is 73.3 Å². The second-order valence-electron chi connectivity index (χ2n) is 8.52. The number of carboxylic acids is 1. The molecule has 1 aromatic rings. The predicted molar refractivity (Wildman–Crippen MR) is 110 cm³/mol. The molecule has 7 heteroatoms. The summed E-state index contributed by atoms with van der Waals surface area (Å²) < 4.78 is 5.43. The van der Waals surface area contributed by atoms with Gasteiger partial charge in [-0.3, -0.25) is 4.90 Å². The van der Waals surface area contributed by atoms with Crippen LogP contribution in [0.4, 0.5) is 10.5 Å². The van der Waals surface area contributed by atoms with Crippen molar-refractivity contribution in [2.24, 2.45) is 0 Å². The Morgan fingerprint density at radius 1 is 1.07 bits per heavy atom. The molecular formula is C22H31N3O4. The Morgan fingerprint density at radius 3 is 2.52 bits per heavy atom. The molecule has 2 heterocycles. The zero-order valence-corrected chi connectivity index (χ0v) is 17.2. The average molecular weight is 402 g/mol. The van der Waals surface area contributed by atoms with E-state index in [1.54, 1.807) is 0 Å². The van der Waals surface area contributed by atoms with Gasteiger partial charge in [0.1, 0.15) is 6.61 Å². The average Bonchev–Trinajstić information content (AvgIpc) is 3.00. The highest BCUT2D eigenvalue weighted by Crippen LogP contribution is 2.31. The normalized spacial score (nSPS) is 25.8. The number of rotatable bonds is 5. The summed E-state index contributed by atoms with van der Waals surface area (Å²) in [4.78, 5) is 30.1. The van der Waals surface area contributed by atoms with E-state index >= 15 is 0 Å². The Balaban J connectivity index is 1.37. The monoisotopic (exact) mass is 401 g/mol. The van der Waals surface area contributed by atoms with Gasteiger partial charge in [-0.05, 0) is 68.8 Å². The fourth-order valence-corrected chi connectivity index (χ4v) is 4.84. The van der Waals surface area contributed by atoms with Crippen LogP contribution in [0.15, 0.2) is 18.2 Å². The maximum atomic E-state index is 13.1. The van der Waals surface area contributed by atoms with Crippen molar-refractivity contribution in [3.8, 4) is 0 Å². The second kappa shape index (κ2) is 8.71. The lowest BCUT2D eigenvalue weighted by atomic mass is 9.92. The first-order valence-corrected chi connectivity index (χ1v) is 10.7. The molecule has 1 aromatic carbocycles. The van der Waals surface area contributed by atoms with Crippen LogP contribution < -0.4 is 4.90 Å². The number of fused-ring (bicyclic) bond motifs is 1. The summed E-state index contributed by atoms with van der Waals surface area (Å²) in [6.07, 6.45) is 5.48. The zero-order valence-electron chi connectivity index (χ0n) is 17.2. The minimum Gasteiger partial charge on any atom is -0.480 e. The van der Waals surface area contributed by atoms with Crippen LogP contribution in [0.3, 0.4) is 0 Å². The lowest BCUT2D eigenvalue weighted by molar-refractivity contribution is -0.145. The summed E-state index contributed by atoms with van der Waals surface area (Å²) in [5.74, 6) is -0.926. The van der Waals surface area contributed by atoms with Crippen LogP contribution in [-0.4, -0.2) is 78.9 Å². The van der Waals surface area contributed by atoms with Crippen molar-refractivity contribution in [1.82, 2.24) is 9.80 Å². The van der Waals surface area contributed by atoms with Crippen LogP contribution in [0.25, 0.3) is 0 Å². The van der Waals surface area contributed by atoms with Gasteiger partial charge in [-0.2, -0.15) is 0 Å². The molecule has 1 aliphatic carbocycles. The molecule has 0 bridgehead atoms. The molecule has 4 rings (SSSR count). The summed E-state index contributed by atoms with van der Waals surface area (Å²) in [7, 11) is 2.16. The number of aliphatic carboxylic acids is 1. The number of ether oxygens (including phenoxy) is 1. The third kappa shape index (κ3) is 4.56. The molecule has 1 saturated heterocycles. The van der Waals surface area contributed by atoms with E-state index < -0.39 is 5.97 Å². The maximum Gasteiger partial charge on any atom is 0.329 e. The molecular weight excluding hydrogens is 370 g/mol. The standard InChI is InChI=1S/C22H31N3O4/c1-23-10-8-16-2-3-19(14-17(16)9-11-23)25-13-12-24(22(25)28)18-4-6-20(7-5-18)29-15-21(26)27/h2-3,14,18,20H,4-13,15H2,1H3,(H,26,27)/t18-,20-. The predicted octanol–water partition coefficient (Wildman–Crippen LogP) is 2.37. The van der Waals surface area contributed by atoms with E-state index in [1.807, 2.05) is 9.80 Å². The SMILES string of the molecule is CN1CCc2ccc(N3CCN([C@H]4CC[C@H](OCC(=O)O)CC4)C3=O)cc2CC1. The zero-order chi connectivity index (χ0) is 20.4. The van der Waals surface area contributed by atoms with Crippen LogP contribution in [0.1, 0.15) is 36.8 Å². The number of anilines is 1. The molecule has 158 valence electrons. The number of carbonyl (C=O) groups is 2. The maximum absolute atomic E-state index is 13.1. The largest absolute Gasteiger partial charge is 0.480 e. The van der Waals surface area contributed by atoms with E-state index in [-0.39, 0.29) is 24.8 Å². The minimum atomic E-state index is -0.926. The van der Waals surface area contributed by atoms with Gasteiger partial charge in [0.2, 0.25) is 0 Å². The lowest BCUT2D eigenvalue weighted by Crippen LogP contribution is -2.42. The molecule has 3 aliphatic rings. The van der Waals surface area contributed by atoms with Crippen molar-refractivity contribution in [2.45, 2.75) is 50.7 Å². The smallest absolute Gasteiger partial charge is 0.329 e. The highest BCUT2D eigenvalue weighted by atomic mass is 16.5. The summed E-state index contributed by atoms with van der Waals surface area (Å²) in [5.41, 5.74) is 3.79. The lowest BCUT2D eigenvalue weighted by Gasteiger charge is -2.34. The molecule has 29 heavy (non-hydrogen) atoms. The first-order chi connectivity index (χ1) is 14.0. The van der Waals surface area contributed by atoms with Gasteiger partial charge in [0.05, 0.1) is 6.10 Å². The van der Waals surface area contributed by atoms with E-state index in [9.17, 15) is 9.59 Å². The number of carbonyl (C=O) groups excluding carboxylic acids is 1. The van der Waals surface area contributed by atoms with Gasteiger partial charge in [0.15, 0.2) is 0 Å². The van der Waals surface area contributed by atoms with E-state index in [1.165, 1.54) is 11.1 Å². The number of likely N-dealkylation sites (N-methyl/N-ethyl adjacent to an activating group) is 1. The molecule has 0 aromatic heterocycles. The highest BCUT2D eigenvalue weighted by Gasteiger charge is 2.36. The number of nitrogens with zero attached hydrogens (tertiary/aromatic N) is 3. The third-order valence-corrected chi connectivity index (χ3v) is 6.60. The van der Waals surface area contributed by atoms with Crippen LogP contribution in [0, 0.1) is 0 Å². The molecule has 0 unspecified atom stereocenters. The Morgan fingerprint density at radius 2 is 1.79 bits per heavy atom. The van der Waals surface area contributed by atoms with E-state index in [0.717, 1.165) is 70.4 Å². The minimum absolute atomic E-state index is 0.00105. The van der Waals surface area contributed by atoms with Gasteiger partial charge in [-0.15, -0.1) is 0 Å². The van der Waals surface area contributed by atoms with Gasteiger partial charge in [-0.25, -0.2) is 9.59 Å². The van der Waals surface area contributed by atoms with Gasteiger partial charge in [0.25, 0.3) is 0 Å². The van der Waals surface area contributed by atoms with Crippen LogP contribution in [-0.2, 0) is 22.4 Å². The van der Waals surface area contributed by atoms with Gasteiger partial charge in [0, 0.05) is 37.9 Å². The van der Waals surface area contributed by atoms with Crippen molar-refractivity contribution in [3.63, 3.8) is 0 Å². The summed E-state index contributed by atoms with van der Waals surface area (Å²) in [6, 6.07) is 6.84. The molecule has 2 aliphatic heterocycles. The summed E-state index contributed by atoms with van der Waals surface area (Å²) in [6.45, 7) is 3.39. The molecule has 0 atom stereocenters. The first kappa shape index (κ1) is 20.2. The number of urea groups is 1. The molecule has 1 N–H and O–H groups in total. The molecule has 0 radical (unpaired) electrons. The summed E-state index contributed by atoms with van der Waals surface area (Å²) in [5, 5.41) is 8.76. The quantitative estimate of drug-likeness (QED) is 0.820. The molecule has 2 fully saturated rings. The first-order valence-electron chi connectivity index (χ1n) is 10.7. The number of amides is 2. The Labute approximate surface area is 172 Å². The van der Waals surface area contributed by atoms with Crippen LogP contribution in [0.5, 0.6) is 0 Å². The number of hydrogen-bond acceptors (Lipinski definition) is 4. The highest BCUT2D eigenvalue weighted by molar-refractivity contribution is 5.94. The van der Waals surface area contributed by atoms with E-state index in [0.29, 0.717) is 0 Å². The van der Waals surface area contributed by atoms with Crippen LogP contribution in [0.2, 0.25) is 0 Å². The van der Waals surface area contributed by atoms with E-state index in [4.69, 9.17) is 9.84 Å². The van der Waals surface area contributed by atoms with Crippen molar-refractivity contribution in [2.75, 3.05) is 44.7 Å². The van der Waals surface area contributed by atoms with Crippen LogP contribution >= 0.6 is 0 Å². The number of carboxylic acid groups (broad SMARTS) is 1. The fraction of sp³-hybridized carbons (Fsp3) is 0.636. The molecule has 2 amide bonds. The van der Waals surface area contributed by atoms with Gasteiger partial charge < -0.3 is 19.6 Å².